The number of benzene rings is 4. The van der Waals surface area contributed by atoms with E-state index in [-0.39, 0.29) is 24.8 Å². The van der Waals surface area contributed by atoms with Crippen LogP contribution in [0.25, 0.3) is 22.3 Å². The van der Waals surface area contributed by atoms with Gasteiger partial charge in [-0.15, -0.1) is 24.8 Å². The van der Waals surface area contributed by atoms with Gasteiger partial charge in [-0.2, -0.15) is 0 Å². The molecule has 40 heavy (non-hydrogen) atoms. The second-order valence-corrected chi connectivity index (χ2v) is 40.2. The third-order valence-corrected chi connectivity index (χ3v) is 25.2. The summed E-state index contributed by atoms with van der Waals surface area (Å²) in [5, 5.41) is 0. The molecule has 0 atom stereocenters. The summed E-state index contributed by atoms with van der Waals surface area (Å²) in [5.74, 6) is 0. The van der Waals surface area contributed by atoms with E-state index >= 15 is 0 Å². The van der Waals surface area contributed by atoms with Gasteiger partial charge in [-0.05, 0) is 0 Å². The van der Waals surface area contributed by atoms with E-state index in [4.69, 9.17) is 0 Å². The maximum absolute atomic E-state index is 3.67. The summed E-state index contributed by atoms with van der Waals surface area (Å²) in [6.45, 7) is 2.38. The van der Waals surface area contributed by atoms with Gasteiger partial charge in [0, 0.05) is 0 Å². The van der Waals surface area contributed by atoms with E-state index in [0.717, 1.165) is 12.8 Å². The summed E-state index contributed by atoms with van der Waals surface area (Å²) < 4.78 is 8.78. The van der Waals surface area contributed by atoms with Gasteiger partial charge in [0.15, 0.2) is 0 Å². The van der Waals surface area contributed by atoms with Crippen molar-refractivity contribution >= 4 is 54.0 Å². The van der Waals surface area contributed by atoms with Gasteiger partial charge in [-0.1, -0.05) is 0 Å². The molecule has 0 aliphatic heterocycles. The molecule has 0 nitrogen and oxygen atoms in total. The monoisotopic (exact) mass is 656 g/mol. The first kappa shape index (κ1) is 30.5. The molecule has 6 rings (SSSR count). The zero-order valence-electron chi connectivity index (χ0n) is 23.1. The number of hydrogen-bond acceptors (Lipinski definition) is 0. The fourth-order valence-electron chi connectivity index (χ4n) is 6.41. The molecule has 0 unspecified atom stereocenters. The topological polar surface area (TPSA) is 0 Å². The van der Waals surface area contributed by atoms with Crippen molar-refractivity contribution in [2.45, 2.75) is 22.1 Å². The van der Waals surface area contributed by atoms with Gasteiger partial charge < -0.3 is 0 Å². The molecule has 0 saturated heterocycles. The van der Waals surface area contributed by atoms with Gasteiger partial charge >= 0.3 is 231 Å². The van der Waals surface area contributed by atoms with E-state index in [1.807, 2.05) is 0 Å². The van der Waals surface area contributed by atoms with E-state index in [0.29, 0.717) is 0 Å². The Morgan fingerprint density at radius 2 is 0.725 bits per heavy atom. The summed E-state index contributed by atoms with van der Waals surface area (Å²) >= 11 is -3.67. The molecule has 0 spiro atoms. The fraction of sp³-hybridized carbons (Fsp3) is 0.111. The Hall–Kier alpha value is -2.48. The Bertz CT molecular complexity index is 1570. The number of hydrogen-bond donors (Lipinski definition) is 0. The predicted molar refractivity (Wildman–Crippen MR) is 180 cm³/mol. The number of halogens is 2. The summed E-state index contributed by atoms with van der Waals surface area (Å²) in [5.41, 5.74) is 11.1. The summed E-state index contributed by atoms with van der Waals surface area (Å²) in [6, 6.07) is 44.2. The molecule has 0 N–H and O–H groups in total. The Balaban J connectivity index is 0.00000185. The first-order valence-corrected chi connectivity index (χ1v) is 26.9. The van der Waals surface area contributed by atoms with Gasteiger partial charge in [0.25, 0.3) is 0 Å². The number of allylic oxidation sites excluding steroid dienone is 8. The molecule has 4 aromatic carbocycles. The molecule has 0 radical (unpaired) electrons. The molecule has 0 saturated carbocycles. The molecular formula is C36H36Cl2SiZr. The van der Waals surface area contributed by atoms with Crippen LogP contribution in [0, 0.1) is 0 Å². The van der Waals surface area contributed by atoms with Crippen molar-refractivity contribution in [2.24, 2.45) is 0 Å². The second-order valence-electron chi connectivity index (χ2n) is 11.5. The Kier molecular flexibility index (Phi) is 9.28. The van der Waals surface area contributed by atoms with Crippen LogP contribution in [-0.4, -0.2) is 6.88 Å². The average molecular weight is 659 g/mol. The molecule has 0 amide bonds. The normalized spacial score (nSPS) is 15.3. The van der Waals surface area contributed by atoms with Gasteiger partial charge in [0.2, 0.25) is 0 Å². The van der Waals surface area contributed by atoms with Crippen LogP contribution in [0.3, 0.4) is 0 Å². The molecule has 0 aromatic heterocycles. The quantitative estimate of drug-likeness (QED) is 0.181. The zero-order chi connectivity index (χ0) is 26.2. The summed E-state index contributed by atoms with van der Waals surface area (Å²) in [7, 11) is 0. The van der Waals surface area contributed by atoms with E-state index in [1.165, 1.54) is 44.5 Å². The molecule has 0 heterocycles. The molecule has 2 aliphatic carbocycles. The first-order chi connectivity index (χ1) is 18.4. The van der Waals surface area contributed by atoms with Crippen LogP contribution in [0.15, 0.2) is 140 Å². The third kappa shape index (κ3) is 5.53. The average Bonchev–Trinajstić information content (AvgIpc) is 3.62. The number of rotatable bonds is 6. The maximum atomic E-state index is 2.68. The van der Waals surface area contributed by atoms with Crippen LogP contribution in [-0.2, 0) is 17.4 Å². The van der Waals surface area contributed by atoms with Crippen LogP contribution in [0.4, 0.5) is 0 Å². The van der Waals surface area contributed by atoms with Gasteiger partial charge in [-0.3, -0.25) is 0 Å². The zero-order valence-corrected chi connectivity index (χ0v) is 28.6. The van der Waals surface area contributed by atoms with Gasteiger partial charge in [-0.25, -0.2) is 0 Å². The summed E-state index contributed by atoms with van der Waals surface area (Å²) in [4.78, 5) is 0. The van der Waals surface area contributed by atoms with Gasteiger partial charge in [0.1, 0.15) is 0 Å². The molecule has 2 aliphatic rings. The molecular weight excluding hydrogens is 623 g/mol. The van der Waals surface area contributed by atoms with Crippen LogP contribution >= 0.6 is 24.8 Å². The minimum atomic E-state index is -3.67. The predicted octanol–water partition coefficient (Wildman–Crippen LogP) is 9.96. The van der Waals surface area contributed by atoms with Crippen LogP contribution in [0.5, 0.6) is 0 Å². The van der Waals surface area contributed by atoms with Gasteiger partial charge in [0.05, 0.1) is 0 Å². The van der Waals surface area contributed by atoms with E-state index in [9.17, 15) is 0 Å². The van der Waals surface area contributed by atoms with E-state index < -0.39 is 17.4 Å². The van der Waals surface area contributed by atoms with Crippen molar-refractivity contribution in [3.8, 4) is 0 Å². The van der Waals surface area contributed by atoms with Crippen LogP contribution in [0.2, 0.25) is 9.26 Å². The van der Waals surface area contributed by atoms with Crippen molar-refractivity contribution in [3.63, 3.8) is 0 Å². The van der Waals surface area contributed by atoms with Crippen molar-refractivity contribution in [3.05, 3.63) is 162 Å². The van der Waals surface area contributed by atoms with E-state index in [2.05, 4.69) is 150 Å². The van der Waals surface area contributed by atoms with Crippen LogP contribution < -0.4 is 0 Å². The third-order valence-electron chi connectivity index (χ3n) is 8.39. The summed E-state index contributed by atoms with van der Waals surface area (Å²) in [6.07, 6.45) is 7.10. The van der Waals surface area contributed by atoms with Crippen molar-refractivity contribution in [1.29, 1.82) is 0 Å². The Morgan fingerprint density at radius 3 is 1.02 bits per heavy atom. The SMILES string of the molecule is Cl.Cl.[CH3][Zr]([CH3])(=[SiH2])([C]1=C(c2ccccc2)C(c2ccccc2)=CC1)[C]1=C(c2ccccc2)C(c2ccccc2)=CC1. The minimum absolute atomic E-state index is 0. The standard InChI is InChI=1S/2C17H13.2CH3.2ClH.H2Si.Zr/c2*1-3-8-14(9-4-1)16-12-7-13-17(16)15-10-5-2-6-11-15;;;;;;/h2*1-6,8-12H,7H2;2*1H3;2*1H;1H2;. The molecule has 202 valence electrons. The fourth-order valence-corrected chi connectivity index (χ4v) is 20.1. The Labute approximate surface area is 253 Å². The molecule has 0 bridgehead atoms. The molecule has 4 heteroatoms. The molecule has 0 fully saturated rings. The van der Waals surface area contributed by atoms with Crippen molar-refractivity contribution < 1.29 is 17.4 Å². The first-order valence-electron chi connectivity index (χ1n) is 13.6. The van der Waals surface area contributed by atoms with Crippen LogP contribution in [0.1, 0.15) is 35.1 Å². The van der Waals surface area contributed by atoms with Crippen molar-refractivity contribution in [1.82, 2.24) is 0 Å². The second kappa shape index (κ2) is 12.2. The van der Waals surface area contributed by atoms with E-state index in [1.54, 1.807) is 6.56 Å². The molecule has 4 aromatic rings. The Morgan fingerprint density at radius 1 is 0.450 bits per heavy atom. The van der Waals surface area contributed by atoms with Crippen molar-refractivity contribution in [2.75, 3.05) is 0 Å².